The minimum absolute atomic E-state index is 0.142. The average Bonchev–Trinajstić information content (AvgIpc) is 3.42. The van der Waals surface area contributed by atoms with E-state index in [1.165, 1.54) is 5.56 Å². The van der Waals surface area contributed by atoms with Crippen LogP contribution in [0.2, 0.25) is 0 Å². The first-order valence-electron chi connectivity index (χ1n) is 9.67. The van der Waals surface area contributed by atoms with Crippen molar-refractivity contribution in [3.63, 3.8) is 0 Å². The van der Waals surface area contributed by atoms with Crippen LogP contribution in [0, 0.1) is 0 Å². The van der Waals surface area contributed by atoms with Gasteiger partial charge in [0, 0.05) is 44.0 Å². The lowest BCUT2D eigenvalue weighted by atomic mass is 10.0. The average molecular weight is 379 g/mol. The van der Waals surface area contributed by atoms with Gasteiger partial charge in [-0.3, -0.25) is 9.58 Å². The summed E-state index contributed by atoms with van der Waals surface area (Å²) in [5.41, 5.74) is 3.40. The third-order valence-electron chi connectivity index (χ3n) is 5.84. The molecule has 5 rings (SSSR count). The molecule has 0 saturated carbocycles. The number of fused-ring (bicyclic) bond motifs is 1. The quantitative estimate of drug-likeness (QED) is 0.697. The number of rotatable bonds is 4. The normalized spacial score (nSPS) is 21.9. The Hall–Kier alpha value is -2.64. The number of nitrogens with zero attached hydrogens (tertiary/aromatic N) is 5. The molecule has 3 aromatic rings. The summed E-state index contributed by atoms with van der Waals surface area (Å²) in [5.74, 6) is 1.87. The number of hydrogen-bond acceptors (Lipinski definition) is 5. The van der Waals surface area contributed by atoms with E-state index in [2.05, 4.69) is 37.9 Å². The molecule has 2 aromatic heterocycles. The zero-order valence-electron chi connectivity index (χ0n) is 16.3. The van der Waals surface area contributed by atoms with Crippen LogP contribution in [0.25, 0.3) is 11.3 Å². The Kier molecular flexibility index (Phi) is 4.21. The van der Waals surface area contributed by atoms with Gasteiger partial charge in [0.15, 0.2) is 0 Å². The fourth-order valence-corrected chi connectivity index (χ4v) is 4.37. The fraction of sp³-hybridized carbons (Fsp3) is 0.429. The molecule has 1 saturated heterocycles. The summed E-state index contributed by atoms with van der Waals surface area (Å²) in [6.45, 7) is 4.30. The number of benzene rings is 1. The van der Waals surface area contributed by atoms with Crippen molar-refractivity contribution in [3.05, 3.63) is 54.2 Å². The zero-order valence-corrected chi connectivity index (χ0v) is 16.3. The monoisotopic (exact) mass is 379 g/mol. The topological polar surface area (TPSA) is 57.3 Å². The van der Waals surface area contributed by atoms with Crippen LogP contribution in [0.4, 0.5) is 0 Å². The van der Waals surface area contributed by atoms with E-state index in [9.17, 15) is 0 Å². The van der Waals surface area contributed by atoms with Crippen LogP contribution in [-0.2, 0) is 31.5 Å². The van der Waals surface area contributed by atoms with Crippen molar-refractivity contribution in [3.8, 4) is 17.0 Å². The van der Waals surface area contributed by atoms with Crippen LogP contribution in [0.5, 0.6) is 5.75 Å². The highest BCUT2D eigenvalue weighted by Crippen LogP contribution is 2.35. The minimum atomic E-state index is -0.142. The molecule has 1 fully saturated rings. The molecule has 0 aliphatic carbocycles. The second-order valence-corrected chi connectivity index (χ2v) is 7.83. The van der Waals surface area contributed by atoms with Gasteiger partial charge >= 0.3 is 0 Å². The molecule has 1 aromatic carbocycles. The number of aromatic nitrogens is 4. The molecule has 28 heavy (non-hydrogen) atoms. The van der Waals surface area contributed by atoms with Crippen LogP contribution < -0.4 is 4.74 Å². The molecule has 0 bridgehead atoms. The number of likely N-dealkylation sites (tertiary alicyclic amines) is 1. The van der Waals surface area contributed by atoms with E-state index >= 15 is 0 Å². The molecular weight excluding hydrogens is 354 g/mol. The first kappa shape index (κ1) is 17.5. The molecule has 0 N–H and O–H groups in total. The number of aryl methyl sites for hydroxylation is 1. The number of ether oxygens (including phenoxy) is 2. The van der Waals surface area contributed by atoms with E-state index in [4.69, 9.17) is 9.47 Å². The first-order chi connectivity index (χ1) is 13.6. The smallest absolute Gasteiger partial charge is 0.135 e. The zero-order chi connectivity index (χ0) is 19.1. The molecule has 146 valence electrons. The third-order valence-corrected chi connectivity index (χ3v) is 5.84. The molecule has 4 heterocycles. The van der Waals surface area contributed by atoms with Crippen molar-refractivity contribution in [1.82, 2.24) is 24.2 Å². The van der Waals surface area contributed by atoms with E-state index in [1.807, 2.05) is 36.3 Å². The molecule has 1 unspecified atom stereocenters. The van der Waals surface area contributed by atoms with E-state index in [-0.39, 0.29) is 5.60 Å². The fourth-order valence-electron chi connectivity index (χ4n) is 4.37. The maximum atomic E-state index is 6.35. The van der Waals surface area contributed by atoms with Crippen LogP contribution in [0.15, 0.2) is 42.9 Å². The Bertz CT molecular complexity index is 977. The number of methoxy groups -OCH3 is 1. The Morgan fingerprint density at radius 1 is 1.18 bits per heavy atom. The molecule has 7 heteroatoms. The van der Waals surface area contributed by atoms with E-state index in [0.29, 0.717) is 6.61 Å². The highest BCUT2D eigenvalue weighted by Gasteiger charge is 2.43. The standard InChI is InChI=1S/C21H25N5O2/c1-24-11-16(9-23-24)12-25-8-7-21(14-25)15-26-19(10-22-20(26)13-28-21)17-3-5-18(27-2)6-4-17/h3-6,9-11H,7-8,12-15H2,1-2H3. The SMILES string of the molecule is COc1ccc(-c2cnc3n2CC2(CCN(Cc4cnn(C)c4)C2)OC3)cc1. The maximum absolute atomic E-state index is 6.35. The summed E-state index contributed by atoms with van der Waals surface area (Å²) in [7, 11) is 3.65. The lowest BCUT2D eigenvalue weighted by Gasteiger charge is -2.35. The number of imidazole rings is 1. The van der Waals surface area contributed by atoms with Crippen molar-refractivity contribution in [2.45, 2.75) is 31.7 Å². The van der Waals surface area contributed by atoms with Gasteiger partial charge in [-0.15, -0.1) is 0 Å². The van der Waals surface area contributed by atoms with Gasteiger partial charge in [-0.25, -0.2) is 4.98 Å². The predicted octanol–water partition coefficient (Wildman–Crippen LogP) is 2.47. The summed E-state index contributed by atoms with van der Waals surface area (Å²) in [4.78, 5) is 7.07. The van der Waals surface area contributed by atoms with E-state index in [0.717, 1.165) is 55.4 Å². The Morgan fingerprint density at radius 3 is 2.79 bits per heavy atom. The first-order valence-corrected chi connectivity index (χ1v) is 9.67. The Balaban J connectivity index is 1.35. The highest BCUT2D eigenvalue weighted by molar-refractivity contribution is 5.60. The summed E-state index contributed by atoms with van der Waals surface area (Å²) < 4.78 is 15.8. The molecule has 2 aliphatic heterocycles. The largest absolute Gasteiger partial charge is 0.497 e. The van der Waals surface area contributed by atoms with Gasteiger partial charge < -0.3 is 14.0 Å². The van der Waals surface area contributed by atoms with Gasteiger partial charge in [0.05, 0.1) is 31.7 Å². The van der Waals surface area contributed by atoms with Gasteiger partial charge in [0.1, 0.15) is 23.8 Å². The van der Waals surface area contributed by atoms with Crippen molar-refractivity contribution < 1.29 is 9.47 Å². The van der Waals surface area contributed by atoms with Crippen LogP contribution in [-0.4, -0.2) is 50.0 Å². The van der Waals surface area contributed by atoms with Gasteiger partial charge in [0.25, 0.3) is 0 Å². The summed E-state index contributed by atoms with van der Waals surface area (Å²) in [6.07, 6.45) is 7.03. The Labute approximate surface area is 164 Å². The lowest BCUT2D eigenvalue weighted by Crippen LogP contribution is -2.44. The Morgan fingerprint density at radius 2 is 2.04 bits per heavy atom. The second kappa shape index (κ2) is 6.76. The maximum Gasteiger partial charge on any atom is 0.135 e. The molecule has 1 atom stereocenters. The summed E-state index contributed by atoms with van der Waals surface area (Å²) in [6, 6.07) is 8.17. The van der Waals surface area contributed by atoms with Crippen LogP contribution in [0.1, 0.15) is 17.8 Å². The molecule has 2 aliphatic rings. The van der Waals surface area contributed by atoms with Crippen molar-refractivity contribution in [1.29, 1.82) is 0 Å². The van der Waals surface area contributed by atoms with Gasteiger partial charge in [-0.2, -0.15) is 5.10 Å². The highest BCUT2D eigenvalue weighted by atomic mass is 16.5. The molecule has 1 spiro atoms. The van der Waals surface area contributed by atoms with E-state index < -0.39 is 0 Å². The molecule has 0 radical (unpaired) electrons. The lowest BCUT2D eigenvalue weighted by molar-refractivity contribution is -0.0821. The summed E-state index contributed by atoms with van der Waals surface area (Å²) in [5, 5.41) is 4.28. The molecular formula is C21H25N5O2. The van der Waals surface area contributed by atoms with Gasteiger partial charge in [0.2, 0.25) is 0 Å². The van der Waals surface area contributed by atoms with Crippen molar-refractivity contribution in [2.75, 3.05) is 20.2 Å². The second-order valence-electron chi connectivity index (χ2n) is 7.83. The van der Waals surface area contributed by atoms with Crippen LogP contribution in [0.3, 0.4) is 0 Å². The molecule has 7 nitrogen and oxygen atoms in total. The summed E-state index contributed by atoms with van der Waals surface area (Å²) >= 11 is 0. The van der Waals surface area contributed by atoms with E-state index in [1.54, 1.807) is 7.11 Å². The van der Waals surface area contributed by atoms with Crippen molar-refractivity contribution in [2.24, 2.45) is 7.05 Å². The van der Waals surface area contributed by atoms with Crippen molar-refractivity contribution >= 4 is 0 Å². The van der Waals surface area contributed by atoms with Crippen LogP contribution >= 0.6 is 0 Å². The molecule has 0 amide bonds. The minimum Gasteiger partial charge on any atom is -0.497 e. The number of hydrogen-bond donors (Lipinski definition) is 0. The van der Waals surface area contributed by atoms with Gasteiger partial charge in [-0.05, 0) is 30.7 Å². The third kappa shape index (κ3) is 3.10. The van der Waals surface area contributed by atoms with Gasteiger partial charge in [-0.1, -0.05) is 0 Å². The predicted molar refractivity (Wildman–Crippen MR) is 105 cm³/mol.